The van der Waals surface area contributed by atoms with Gasteiger partial charge < -0.3 is 4.74 Å². The van der Waals surface area contributed by atoms with Gasteiger partial charge in [0.15, 0.2) is 0 Å². The summed E-state index contributed by atoms with van der Waals surface area (Å²) in [4.78, 5) is 0. The van der Waals surface area contributed by atoms with Crippen LogP contribution in [-0.4, -0.2) is 12.2 Å². The summed E-state index contributed by atoms with van der Waals surface area (Å²) < 4.78 is 5.94. The van der Waals surface area contributed by atoms with E-state index in [-0.39, 0.29) is 0 Å². The first-order valence-electron chi connectivity index (χ1n) is 6.77. The molecule has 15 heavy (non-hydrogen) atoms. The molecule has 0 spiro atoms. The van der Waals surface area contributed by atoms with Gasteiger partial charge in [-0.05, 0) is 60.2 Å². The van der Waals surface area contributed by atoms with E-state index < -0.39 is 0 Å². The van der Waals surface area contributed by atoms with Gasteiger partial charge in [0.2, 0.25) is 0 Å². The molecule has 5 fully saturated rings. The Morgan fingerprint density at radius 2 is 1.87 bits per heavy atom. The first-order chi connectivity index (χ1) is 7.43. The van der Waals surface area contributed by atoms with Crippen molar-refractivity contribution in [1.29, 1.82) is 0 Å². The van der Waals surface area contributed by atoms with E-state index in [9.17, 15) is 0 Å². The highest BCUT2D eigenvalue weighted by molar-refractivity contribution is 5.29. The molecule has 1 saturated heterocycles. The predicted molar refractivity (Wildman–Crippen MR) is 55.0 cm³/mol. The summed E-state index contributed by atoms with van der Waals surface area (Å²) in [6.07, 6.45) is 9.63. The fourth-order valence-corrected chi connectivity index (χ4v) is 6.79. The second-order valence-corrected chi connectivity index (χ2v) is 6.90. The molecule has 6 rings (SSSR count). The molecule has 0 radical (unpaired) electrons. The largest absolute Gasteiger partial charge is 0.369 e. The van der Waals surface area contributed by atoms with Crippen molar-refractivity contribution in [2.75, 3.05) is 0 Å². The number of rotatable bonds is 0. The zero-order valence-corrected chi connectivity index (χ0v) is 8.75. The lowest BCUT2D eigenvalue weighted by Crippen LogP contribution is -2.18. The molecule has 4 saturated carbocycles. The van der Waals surface area contributed by atoms with Gasteiger partial charge in [0.25, 0.3) is 0 Å². The Kier molecular flexibility index (Phi) is 0.870. The van der Waals surface area contributed by atoms with Crippen LogP contribution in [-0.2, 0) is 4.74 Å². The number of allylic oxidation sites excluding steroid dienone is 2. The van der Waals surface area contributed by atoms with Crippen molar-refractivity contribution in [2.24, 2.45) is 47.3 Å². The Bertz CT molecular complexity index is 400. The van der Waals surface area contributed by atoms with Crippen LogP contribution < -0.4 is 0 Å². The minimum atomic E-state index is 0.708. The van der Waals surface area contributed by atoms with Crippen LogP contribution >= 0.6 is 0 Å². The molecular weight excluding hydrogens is 184 g/mol. The summed E-state index contributed by atoms with van der Waals surface area (Å²) in [5, 5.41) is 0. The van der Waals surface area contributed by atoms with E-state index in [0.717, 1.165) is 53.4 Å². The fourth-order valence-electron chi connectivity index (χ4n) is 6.79. The van der Waals surface area contributed by atoms with Gasteiger partial charge in [-0.2, -0.15) is 0 Å². The van der Waals surface area contributed by atoms with Crippen LogP contribution in [0.2, 0.25) is 0 Å². The second-order valence-electron chi connectivity index (χ2n) is 6.90. The van der Waals surface area contributed by atoms with Crippen molar-refractivity contribution in [3.63, 3.8) is 0 Å². The maximum absolute atomic E-state index is 5.94. The van der Waals surface area contributed by atoms with Gasteiger partial charge in [0.05, 0.1) is 12.2 Å². The van der Waals surface area contributed by atoms with E-state index in [4.69, 9.17) is 4.74 Å². The highest BCUT2D eigenvalue weighted by Gasteiger charge is 2.76. The van der Waals surface area contributed by atoms with Crippen molar-refractivity contribution >= 4 is 0 Å². The van der Waals surface area contributed by atoms with Gasteiger partial charge in [0, 0.05) is 0 Å². The molecule has 1 heteroatoms. The average Bonchev–Trinajstić information content (AvgIpc) is 2.62. The summed E-state index contributed by atoms with van der Waals surface area (Å²) in [5.74, 6) is 8.27. The summed E-state index contributed by atoms with van der Waals surface area (Å²) in [6.45, 7) is 0. The molecule has 0 amide bonds. The zero-order chi connectivity index (χ0) is 9.31. The number of ether oxygens (including phenoxy) is 1. The monoisotopic (exact) mass is 200 g/mol. The van der Waals surface area contributed by atoms with Gasteiger partial charge >= 0.3 is 0 Å². The average molecular weight is 200 g/mol. The van der Waals surface area contributed by atoms with Crippen LogP contribution in [0.5, 0.6) is 0 Å². The van der Waals surface area contributed by atoms with Gasteiger partial charge in [-0.3, -0.25) is 0 Å². The Labute approximate surface area is 89.9 Å². The van der Waals surface area contributed by atoms with Crippen LogP contribution in [0, 0.1) is 47.3 Å². The zero-order valence-electron chi connectivity index (χ0n) is 8.75. The topological polar surface area (TPSA) is 12.5 Å². The van der Waals surface area contributed by atoms with Crippen LogP contribution in [0.3, 0.4) is 0 Å². The fraction of sp³-hybridized carbons (Fsp3) is 0.857. The summed E-state index contributed by atoms with van der Waals surface area (Å²) in [6, 6.07) is 0. The van der Waals surface area contributed by atoms with Crippen molar-refractivity contribution < 1.29 is 4.74 Å². The molecule has 0 aromatic heterocycles. The quantitative estimate of drug-likeness (QED) is 0.431. The lowest BCUT2D eigenvalue weighted by molar-refractivity contribution is 0.161. The highest BCUT2D eigenvalue weighted by atomic mass is 16.6. The van der Waals surface area contributed by atoms with Gasteiger partial charge in [-0.1, -0.05) is 12.2 Å². The van der Waals surface area contributed by atoms with Gasteiger partial charge in [-0.25, -0.2) is 0 Å². The smallest absolute Gasteiger partial charge is 0.0881 e. The molecular formula is C14H16O. The molecule has 78 valence electrons. The van der Waals surface area contributed by atoms with E-state index >= 15 is 0 Å². The van der Waals surface area contributed by atoms with Gasteiger partial charge in [0.1, 0.15) is 0 Å². The van der Waals surface area contributed by atoms with E-state index in [1.807, 2.05) is 0 Å². The Morgan fingerprint density at radius 1 is 0.867 bits per heavy atom. The molecule has 0 aromatic rings. The Morgan fingerprint density at radius 3 is 2.87 bits per heavy atom. The molecule has 6 aliphatic rings. The van der Waals surface area contributed by atoms with Crippen LogP contribution in [0.25, 0.3) is 0 Å². The minimum Gasteiger partial charge on any atom is -0.369 e. The molecule has 0 bridgehead atoms. The Balaban J connectivity index is 1.63. The number of hydrogen-bond donors (Lipinski definition) is 0. The second kappa shape index (κ2) is 1.84. The summed E-state index contributed by atoms with van der Waals surface area (Å²) in [5.41, 5.74) is 0. The highest BCUT2D eigenvalue weighted by Crippen LogP contribution is 2.76. The molecule has 1 heterocycles. The van der Waals surface area contributed by atoms with E-state index in [2.05, 4.69) is 12.2 Å². The normalized spacial score (nSPS) is 78.9. The van der Waals surface area contributed by atoms with E-state index in [1.165, 1.54) is 12.8 Å². The van der Waals surface area contributed by atoms with E-state index in [0.29, 0.717) is 6.10 Å². The Hall–Kier alpha value is -0.300. The van der Waals surface area contributed by atoms with Crippen LogP contribution in [0.15, 0.2) is 12.2 Å². The third-order valence-electron chi connectivity index (χ3n) is 6.85. The third kappa shape index (κ3) is 0.544. The predicted octanol–water partition coefficient (Wildman–Crippen LogP) is 2.09. The number of fused-ring (bicyclic) bond motifs is 4. The number of epoxide rings is 1. The molecule has 1 nitrogen and oxygen atoms in total. The molecule has 0 aromatic carbocycles. The first kappa shape index (κ1) is 7.11. The van der Waals surface area contributed by atoms with Crippen molar-refractivity contribution in [3.05, 3.63) is 12.2 Å². The van der Waals surface area contributed by atoms with Crippen molar-refractivity contribution in [1.82, 2.24) is 0 Å². The van der Waals surface area contributed by atoms with Crippen molar-refractivity contribution in [2.45, 2.75) is 25.0 Å². The SMILES string of the molecule is C1=C[C@H]2C[C@H]3C[C@H]4[C@@H]5O[C@@H]5[C@H]5[C@@H]1[C@@H]2[C@@H]3[C@@H]45. The first-order valence-corrected chi connectivity index (χ1v) is 6.77. The van der Waals surface area contributed by atoms with E-state index in [1.54, 1.807) is 0 Å². The molecule has 0 N–H and O–H groups in total. The van der Waals surface area contributed by atoms with Crippen LogP contribution in [0.4, 0.5) is 0 Å². The minimum absolute atomic E-state index is 0.708. The van der Waals surface area contributed by atoms with Crippen LogP contribution in [0.1, 0.15) is 12.8 Å². The summed E-state index contributed by atoms with van der Waals surface area (Å²) in [7, 11) is 0. The molecule has 1 aliphatic heterocycles. The summed E-state index contributed by atoms with van der Waals surface area (Å²) >= 11 is 0. The standard InChI is InChI=1S/C14H16O/c1-2-7-9-5(1)3-6-4-8-11(10(6)9)12(7)14-13(8)15-14/h1-2,5-14H,3-4H2/t5-,6-,7-,8+,9+,10+,11+,12-,13-,14+/m0/s1. The lowest BCUT2D eigenvalue weighted by atomic mass is 9.87. The van der Waals surface area contributed by atoms with Gasteiger partial charge in [-0.15, -0.1) is 0 Å². The maximum atomic E-state index is 5.94. The molecule has 10 atom stereocenters. The van der Waals surface area contributed by atoms with Crippen molar-refractivity contribution in [3.8, 4) is 0 Å². The third-order valence-corrected chi connectivity index (χ3v) is 6.85. The maximum Gasteiger partial charge on any atom is 0.0881 e. The molecule has 0 unspecified atom stereocenters. The lowest BCUT2D eigenvalue weighted by Gasteiger charge is -2.19. The number of hydrogen-bond acceptors (Lipinski definition) is 1. The molecule has 5 aliphatic carbocycles.